The van der Waals surface area contributed by atoms with E-state index in [-0.39, 0.29) is 11.9 Å². The zero-order chi connectivity index (χ0) is 15.2. The molecule has 0 saturated heterocycles. The minimum absolute atomic E-state index is 0.166. The van der Waals surface area contributed by atoms with Crippen LogP contribution >= 0.6 is 0 Å². The van der Waals surface area contributed by atoms with Gasteiger partial charge < -0.3 is 14.8 Å². The van der Waals surface area contributed by atoms with Gasteiger partial charge in [-0.1, -0.05) is 18.2 Å². The summed E-state index contributed by atoms with van der Waals surface area (Å²) in [5.41, 5.74) is 1.30. The second kappa shape index (κ2) is 6.99. The number of aromatic nitrogens is 2. The number of hydrogen-bond donors (Lipinski definition) is 1. The number of benzene rings is 1. The van der Waals surface area contributed by atoms with Crippen molar-refractivity contribution in [1.82, 2.24) is 15.3 Å². The zero-order valence-corrected chi connectivity index (χ0v) is 12.3. The van der Waals surface area contributed by atoms with E-state index in [9.17, 15) is 4.39 Å². The van der Waals surface area contributed by atoms with E-state index in [0.29, 0.717) is 29.4 Å². The van der Waals surface area contributed by atoms with Crippen LogP contribution in [0.25, 0.3) is 0 Å². The van der Waals surface area contributed by atoms with Crippen LogP contribution in [0.15, 0.2) is 30.6 Å². The lowest BCUT2D eigenvalue weighted by Gasteiger charge is -2.17. The minimum Gasteiger partial charge on any atom is -0.481 e. The second-order valence-electron chi connectivity index (χ2n) is 4.49. The molecule has 0 radical (unpaired) electrons. The summed E-state index contributed by atoms with van der Waals surface area (Å²) in [7, 11) is 3.07. The maximum Gasteiger partial charge on any atom is 0.224 e. The smallest absolute Gasteiger partial charge is 0.224 e. The van der Waals surface area contributed by atoms with E-state index in [1.165, 1.54) is 26.6 Å². The van der Waals surface area contributed by atoms with Gasteiger partial charge in [-0.3, -0.25) is 0 Å². The van der Waals surface area contributed by atoms with Crippen LogP contribution in [0.1, 0.15) is 24.1 Å². The minimum atomic E-state index is -0.235. The first-order valence-corrected chi connectivity index (χ1v) is 6.57. The molecule has 112 valence electrons. The number of ether oxygens (including phenoxy) is 2. The van der Waals surface area contributed by atoms with E-state index in [0.717, 1.165) is 0 Å². The van der Waals surface area contributed by atoms with Gasteiger partial charge >= 0.3 is 0 Å². The molecule has 2 aromatic rings. The normalized spacial score (nSPS) is 12.0. The number of halogens is 1. The fourth-order valence-corrected chi connectivity index (χ4v) is 2.08. The van der Waals surface area contributed by atoms with E-state index in [2.05, 4.69) is 15.3 Å². The lowest BCUT2D eigenvalue weighted by molar-refractivity contribution is 0.357. The van der Waals surface area contributed by atoms with Crippen molar-refractivity contribution in [1.29, 1.82) is 0 Å². The fourth-order valence-electron chi connectivity index (χ4n) is 2.08. The lowest BCUT2D eigenvalue weighted by atomic mass is 10.1. The van der Waals surface area contributed by atoms with Crippen molar-refractivity contribution in [2.24, 2.45) is 0 Å². The molecule has 0 unspecified atom stereocenters. The van der Waals surface area contributed by atoms with Gasteiger partial charge in [0.2, 0.25) is 11.8 Å². The highest BCUT2D eigenvalue weighted by Crippen LogP contribution is 2.24. The third kappa shape index (κ3) is 3.46. The van der Waals surface area contributed by atoms with Crippen LogP contribution in [0.4, 0.5) is 4.39 Å². The Hall–Kier alpha value is -2.21. The highest BCUT2D eigenvalue weighted by atomic mass is 19.1. The van der Waals surface area contributed by atoms with Crippen LogP contribution in [-0.2, 0) is 6.54 Å². The fraction of sp³-hybridized carbons (Fsp3) is 0.333. The molecule has 21 heavy (non-hydrogen) atoms. The Labute approximate surface area is 123 Å². The van der Waals surface area contributed by atoms with Gasteiger partial charge in [-0.05, 0) is 13.0 Å². The topological polar surface area (TPSA) is 56.3 Å². The van der Waals surface area contributed by atoms with Gasteiger partial charge in [0, 0.05) is 18.2 Å². The molecule has 0 fully saturated rings. The molecule has 0 aliphatic heterocycles. The number of rotatable bonds is 6. The van der Waals surface area contributed by atoms with E-state index < -0.39 is 0 Å². The molecule has 1 N–H and O–H groups in total. The molecule has 1 atom stereocenters. The number of hydrogen-bond acceptors (Lipinski definition) is 5. The molecule has 0 saturated carbocycles. The molecule has 0 spiro atoms. The summed E-state index contributed by atoms with van der Waals surface area (Å²) in [6.45, 7) is 2.30. The van der Waals surface area contributed by atoms with E-state index in [1.54, 1.807) is 12.1 Å². The third-order valence-corrected chi connectivity index (χ3v) is 3.21. The Morgan fingerprint density at radius 3 is 2.33 bits per heavy atom. The Morgan fingerprint density at radius 1 is 1.14 bits per heavy atom. The molecule has 1 aromatic heterocycles. The first-order chi connectivity index (χ1) is 10.2. The maximum absolute atomic E-state index is 13.7. The van der Waals surface area contributed by atoms with E-state index in [1.807, 2.05) is 13.0 Å². The molecule has 6 heteroatoms. The predicted octanol–water partition coefficient (Wildman–Crippen LogP) is 2.48. The van der Waals surface area contributed by atoms with Crippen molar-refractivity contribution >= 4 is 0 Å². The summed E-state index contributed by atoms with van der Waals surface area (Å²) in [4.78, 5) is 8.09. The zero-order valence-electron chi connectivity index (χ0n) is 12.3. The highest BCUT2D eigenvalue weighted by molar-refractivity contribution is 5.34. The van der Waals surface area contributed by atoms with E-state index in [4.69, 9.17) is 9.47 Å². The van der Waals surface area contributed by atoms with Crippen LogP contribution in [0.5, 0.6) is 11.8 Å². The van der Waals surface area contributed by atoms with Gasteiger partial charge in [-0.15, -0.1) is 0 Å². The molecule has 1 heterocycles. The van der Waals surface area contributed by atoms with E-state index >= 15 is 0 Å². The van der Waals surface area contributed by atoms with Gasteiger partial charge in [0.1, 0.15) is 12.1 Å². The molecular weight excluding hydrogens is 273 g/mol. The average Bonchev–Trinajstić information content (AvgIpc) is 2.52. The van der Waals surface area contributed by atoms with Crippen LogP contribution < -0.4 is 14.8 Å². The van der Waals surface area contributed by atoms with Gasteiger partial charge in [0.15, 0.2) is 0 Å². The molecule has 5 nitrogen and oxygen atoms in total. The largest absolute Gasteiger partial charge is 0.481 e. The quantitative estimate of drug-likeness (QED) is 0.886. The van der Waals surface area contributed by atoms with Crippen LogP contribution in [-0.4, -0.2) is 24.2 Å². The van der Waals surface area contributed by atoms with Crippen LogP contribution in [0.2, 0.25) is 0 Å². The molecule has 0 aliphatic rings. The Balaban J connectivity index is 2.15. The first kappa shape index (κ1) is 15.2. The highest BCUT2D eigenvalue weighted by Gasteiger charge is 2.15. The maximum atomic E-state index is 13.7. The SMILES string of the molecule is COc1ncnc(OC)c1CN[C@H](C)c1ccccc1F. The molecule has 1 aromatic carbocycles. The molecule has 0 aliphatic carbocycles. The molecule has 2 rings (SSSR count). The number of methoxy groups -OCH3 is 2. The Morgan fingerprint density at radius 2 is 1.76 bits per heavy atom. The van der Waals surface area contributed by atoms with Crippen molar-refractivity contribution in [2.75, 3.05) is 14.2 Å². The molecular formula is C15H18FN3O2. The predicted molar refractivity (Wildman–Crippen MR) is 76.8 cm³/mol. The first-order valence-electron chi connectivity index (χ1n) is 6.57. The van der Waals surface area contributed by atoms with Gasteiger partial charge in [0.25, 0.3) is 0 Å². The van der Waals surface area contributed by atoms with Gasteiger partial charge in [-0.25, -0.2) is 14.4 Å². The van der Waals surface area contributed by atoms with Gasteiger partial charge in [0.05, 0.1) is 19.8 Å². The van der Waals surface area contributed by atoms with Crippen molar-refractivity contribution < 1.29 is 13.9 Å². The van der Waals surface area contributed by atoms with Crippen molar-refractivity contribution in [3.05, 3.63) is 47.5 Å². The second-order valence-corrected chi connectivity index (χ2v) is 4.49. The summed E-state index contributed by atoms with van der Waals surface area (Å²) in [6, 6.07) is 6.51. The van der Waals surface area contributed by atoms with Crippen molar-refractivity contribution in [3.63, 3.8) is 0 Å². The van der Waals surface area contributed by atoms with Crippen molar-refractivity contribution in [3.8, 4) is 11.8 Å². The molecule has 0 bridgehead atoms. The molecule has 0 amide bonds. The number of nitrogens with one attached hydrogen (secondary N) is 1. The van der Waals surface area contributed by atoms with Crippen LogP contribution in [0.3, 0.4) is 0 Å². The summed E-state index contributed by atoms with van der Waals surface area (Å²) >= 11 is 0. The van der Waals surface area contributed by atoms with Gasteiger partial charge in [-0.2, -0.15) is 0 Å². The average molecular weight is 291 g/mol. The van der Waals surface area contributed by atoms with Crippen molar-refractivity contribution in [2.45, 2.75) is 19.5 Å². The van der Waals surface area contributed by atoms with Crippen LogP contribution in [0, 0.1) is 5.82 Å². The standard InChI is InChI=1S/C15H18FN3O2/c1-10(11-6-4-5-7-13(11)16)17-8-12-14(20-2)18-9-19-15(12)21-3/h4-7,9-10,17H,8H2,1-3H3/t10-/m1/s1. The Bertz CT molecular complexity index is 585. The number of nitrogens with zero attached hydrogens (tertiary/aromatic N) is 2. The summed E-state index contributed by atoms with van der Waals surface area (Å²) in [5, 5.41) is 3.23. The summed E-state index contributed by atoms with van der Waals surface area (Å²) < 4.78 is 24.2. The monoisotopic (exact) mass is 291 g/mol. The Kier molecular flexibility index (Phi) is 5.05. The third-order valence-electron chi connectivity index (χ3n) is 3.21. The summed E-state index contributed by atoms with van der Waals surface area (Å²) in [5.74, 6) is 0.644. The lowest BCUT2D eigenvalue weighted by Crippen LogP contribution is -2.20. The summed E-state index contributed by atoms with van der Waals surface area (Å²) in [6.07, 6.45) is 1.38.